The zero-order valence-electron chi connectivity index (χ0n) is 11.1. The van der Waals surface area contributed by atoms with E-state index in [4.69, 9.17) is 28.2 Å². The van der Waals surface area contributed by atoms with Gasteiger partial charge in [-0.05, 0) is 31.2 Å². The Kier molecular flexibility index (Phi) is 4.85. The summed E-state index contributed by atoms with van der Waals surface area (Å²) in [5.74, 6) is 0.406. The maximum atomic E-state index is 6.05. The zero-order chi connectivity index (χ0) is 14.0. The van der Waals surface area contributed by atoms with Gasteiger partial charge in [0.1, 0.15) is 5.01 Å². The summed E-state index contributed by atoms with van der Waals surface area (Å²) in [5, 5.41) is 5.43. The van der Waals surface area contributed by atoms with Gasteiger partial charge in [-0.15, -0.1) is 11.3 Å². The highest BCUT2D eigenvalue weighted by Crippen LogP contribution is 2.34. The van der Waals surface area contributed by atoms with Crippen LogP contribution in [0.1, 0.15) is 30.3 Å². The SMILES string of the molecule is CNCc1sc(-c2cc(Cl)cc(Cl)c2)nc1C(C)C. The quantitative estimate of drug-likeness (QED) is 0.862. The van der Waals surface area contributed by atoms with E-state index in [9.17, 15) is 0 Å². The zero-order valence-corrected chi connectivity index (χ0v) is 13.5. The highest BCUT2D eigenvalue weighted by molar-refractivity contribution is 7.15. The Labute approximate surface area is 127 Å². The lowest BCUT2D eigenvalue weighted by atomic mass is 10.1. The number of aromatic nitrogens is 1. The molecule has 1 aromatic heterocycles. The van der Waals surface area contributed by atoms with Crippen LogP contribution in [0.2, 0.25) is 10.0 Å². The topological polar surface area (TPSA) is 24.9 Å². The number of benzene rings is 1. The van der Waals surface area contributed by atoms with E-state index in [1.165, 1.54) is 4.88 Å². The molecular formula is C14H16Cl2N2S. The van der Waals surface area contributed by atoms with E-state index in [1.54, 1.807) is 17.4 Å². The molecule has 2 aromatic rings. The summed E-state index contributed by atoms with van der Waals surface area (Å²) in [6, 6.07) is 5.54. The predicted octanol–water partition coefficient (Wildman–Crippen LogP) is 4.96. The highest BCUT2D eigenvalue weighted by atomic mass is 35.5. The van der Waals surface area contributed by atoms with Crippen molar-refractivity contribution in [3.05, 3.63) is 38.8 Å². The van der Waals surface area contributed by atoms with E-state index >= 15 is 0 Å². The number of hydrogen-bond donors (Lipinski definition) is 1. The molecule has 0 saturated heterocycles. The van der Waals surface area contributed by atoms with E-state index in [0.29, 0.717) is 16.0 Å². The summed E-state index contributed by atoms with van der Waals surface area (Å²) in [7, 11) is 1.94. The Morgan fingerprint density at radius 3 is 2.37 bits per heavy atom. The van der Waals surface area contributed by atoms with Crippen molar-refractivity contribution in [2.45, 2.75) is 26.3 Å². The van der Waals surface area contributed by atoms with E-state index in [-0.39, 0.29) is 0 Å². The fourth-order valence-electron chi connectivity index (χ4n) is 1.90. The molecule has 1 aromatic carbocycles. The lowest BCUT2D eigenvalue weighted by molar-refractivity contribution is 0.771. The van der Waals surface area contributed by atoms with E-state index in [1.807, 2.05) is 19.2 Å². The Balaban J connectivity index is 2.47. The molecule has 5 heteroatoms. The Morgan fingerprint density at radius 2 is 1.84 bits per heavy atom. The van der Waals surface area contributed by atoms with Crippen molar-refractivity contribution >= 4 is 34.5 Å². The third kappa shape index (κ3) is 3.48. The van der Waals surface area contributed by atoms with Crippen molar-refractivity contribution in [2.75, 3.05) is 7.05 Å². The van der Waals surface area contributed by atoms with Gasteiger partial charge in [0.25, 0.3) is 0 Å². The van der Waals surface area contributed by atoms with Gasteiger partial charge in [0.15, 0.2) is 0 Å². The third-order valence-corrected chi connectivity index (χ3v) is 4.28. The van der Waals surface area contributed by atoms with Crippen LogP contribution in [0.25, 0.3) is 10.6 Å². The molecule has 0 spiro atoms. The second kappa shape index (κ2) is 6.23. The van der Waals surface area contributed by atoms with Gasteiger partial charge in [-0.2, -0.15) is 0 Å². The number of thiazole rings is 1. The maximum Gasteiger partial charge on any atom is 0.124 e. The Morgan fingerprint density at radius 1 is 1.21 bits per heavy atom. The largest absolute Gasteiger partial charge is 0.315 e. The maximum absolute atomic E-state index is 6.05. The molecule has 102 valence electrons. The van der Waals surface area contributed by atoms with Crippen LogP contribution in [0.3, 0.4) is 0 Å². The summed E-state index contributed by atoms with van der Waals surface area (Å²) in [6.45, 7) is 5.14. The second-order valence-electron chi connectivity index (χ2n) is 4.67. The lowest BCUT2D eigenvalue weighted by Crippen LogP contribution is -2.06. The summed E-state index contributed by atoms with van der Waals surface area (Å²) in [5.41, 5.74) is 2.12. The third-order valence-electron chi connectivity index (χ3n) is 2.72. The molecule has 1 heterocycles. The molecule has 0 unspecified atom stereocenters. The minimum atomic E-state index is 0.406. The minimum Gasteiger partial charge on any atom is -0.315 e. The van der Waals surface area contributed by atoms with E-state index in [2.05, 4.69) is 19.2 Å². The molecule has 0 saturated carbocycles. The second-order valence-corrected chi connectivity index (χ2v) is 6.63. The van der Waals surface area contributed by atoms with Gasteiger partial charge in [-0.25, -0.2) is 4.98 Å². The van der Waals surface area contributed by atoms with E-state index < -0.39 is 0 Å². The monoisotopic (exact) mass is 314 g/mol. The first kappa shape index (κ1) is 14.8. The number of nitrogens with one attached hydrogen (secondary N) is 1. The average Bonchev–Trinajstić information content (AvgIpc) is 2.72. The van der Waals surface area contributed by atoms with Crippen LogP contribution in [-0.2, 0) is 6.54 Å². The molecular weight excluding hydrogens is 299 g/mol. The van der Waals surface area contributed by atoms with Crippen molar-refractivity contribution in [3.8, 4) is 10.6 Å². The normalized spacial score (nSPS) is 11.3. The molecule has 2 nitrogen and oxygen atoms in total. The molecule has 0 radical (unpaired) electrons. The van der Waals surface area contributed by atoms with E-state index in [0.717, 1.165) is 22.8 Å². The number of halogens is 2. The summed E-state index contributed by atoms with van der Waals surface area (Å²) < 4.78 is 0. The standard InChI is InChI=1S/C14H16Cl2N2S/c1-8(2)13-12(7-17-3)19-14(18-13)9-4-10(15)6-11(16)5-9/h4-6,8,17H,7H2,1-3H3. The molecule has 19 heavy (non-hydrogen) atoms. The minimum absolute atomic E-state index is 0.406. The van der Waals surface area contributed by atoms with Crippen LogP contribution in [0.4, 0.5) is 0 Å². The number of nitrogens with zero attached hydrogens (tertiary/aromatic N) is 1. The predicted molar refractivity (Wildman–Crippen MR) is 84.4 cm³/mol. The van der Waals surface area contributed by atoms with Crippen LogP contribution in [0, 0.1) is 0 Å². The summed E-state index contributed by atoms with van der Waals surface area (Å²) >= 11 is 13.8. The Hall–Kier alpha value is -0.610. The fraction of sp³-hybridized carbons (Fsp3) is 0.357. The van der Waals surface area contributed by atoms with Crippen LogP contribution in [-0.4, -0.2) is 12.0 Å². The summed E-state index contributed by atoms with van der Waals surface area (Å²) in [4.78, 5) is 6.01. The summed E-state index contributed by atoms with van der Waals surface area (Å²) in [6.07, 6.45) is 0. The molecule has 0 aliphatic carbocycles. The first-order valence-corrected chi connectivity index (χ1v) is 7.69. The molecule has 0 aliphatic heterocycles. The molecule has 0 bridgehead atoms. The van der Waals surface area contributed by atoms with Crippen molar-refractivity contribution < 1.29 is 0 Å². The molecule has 0 amide bonds. The molecule has 0 fully saturated rings. The molecule has 0 atom stereocenters. The molecule has 2 rings (SSSR count). The van der Waals surface area contributed by atoms with Crippen LogP contribution in [0.15, 0.2) is 18.2 Å². The van der Waals surface area contributed by atoms with Crippen LogP contribution in [0.5, 0.6) is 0 Å². The van der Waals surface area contributed by atoms with Crippen molar-refractivity contribution in [2.24, 2.45) is 0 Å². The van der Waals surface area contributed by atoms with Gasteiger partial charge in [-0.3, -0.25) is 0 Å². The van der Waals surface area contributed by atoms with Gasteiger partial charge in [0.05, 0.1) is 5.69 Å². The smallest absolute Gasteiger partial charge is 0.124 e. The van der Waals surface area contributed by atoms with Gasteiger partial charge in [0.2, 0.25) is 0 Å². The van der Waals surface area contributed by atoms with Gasteiger partial charge >= 0.3 is 0 Å². The van der Waals surface area contributed by atoms with Gasteiger partial charge in [0, 0.05) is 27.0 Å². The van der Waals surface area contributed by atoms with Crippen molar-refractivity contribution in [1.82, 2.24) is 10.3 Å². The Bertz CT molecular complexity index is 559. The van der Waals surface area contributed by atoms with Gasteiger partial charge < -0.3 is 5.32 Å². The number of rotatable bonds is 4. The first-order chi connectivity index (χ1) is 9.01. The molecule has 0 aliphatic rings. The first-order valence-electron chi connectivity index (χ1n) is 6.12. The highest BCUT2D eigenvalue weighted by Gasteiger charge is 2.15. The van der Waals surface area contributed by atoms with Crippen LogP contribution < -0.4 is 5.32 Å². The lowest BCUT2D eigenvalue weighted by Gasteiger charge is -2.03. The average molecular weight is 315 g/mol. The fourth-order valence-corrected chi connectivity index (χ4v) is 3.64. The number of hydrogen-bond acceptors (Lipinski definition) is 3. The molecule has 1 N–H and O–H groups in total. The van der Waals surface area contributed by atoms with Crippen molar-refractivity contribution in [1.29, 1.82) is 0 Å². The van der Waals surface area contributed by atoms with Crippen molar-refractivity contribution in [3.63, 3.8) is 0 Å². The van der Waals surface area contributed by atoms with Crippen LogP contribution >= 0.6 is 34.5 Å². The van der Waals surface area contributed by atoms with Gasteiger partial charge in [-0.1, -0.05) is 37.0 Å².